The van der Waals surface area contributed by atoms with Gasteiger partial charge in [0.1, 0.15) is 0 Å². The van der Waals surface area contributed by atoms with Crippen LogP contribution < -0.4 is 19.5 Å². The molecule has 2 rings (SSSR count). The topological polar surface area (TPSA) is 94.1 Å². The molecule has 0 aliphatic carbocycles. The standard InChI is InChI=1S/C21H25NO6/c1-26-17-12-15(13-18(27-2)20(17)28-3)21(25)22-16(9-10-19(23)24)11-14-7-5-4-6-8-14/h4-8,12-13,16H,9-11H2,1-3H3,(H,22,25)(H,23,24). The van der Waals surface area contributed by atoms with Crippen LogP contribution in [0.5, 0.6) is 17.2 Å². The second-order valence-corrected chi connectivity index (χ2v) is 6.21. The summed E-state index contributed by atoms with van der Waals surface area (Å²) in [6, 6.07) is 12.4. The van der Waals surface area contributed by atoms with Gasteiger partial charge in [0.05, 0.1) is 21.3 Å². The van der Waals surface area contributed by atoms with Gasteiger partial charge in [-0.3, -0.25) is 9.59 Å². The molecule has 0 saturated carbocycles. The van der Waals surface area contributed by atoms with Crippen molar-refractivity contribution in [2.24, 2.45) is 0 Å². The lowest BCUT2D eigenvalue weighted by Gasteiger charge is -2.19. The summed E-state index contributed by atoms with van der Waals surface area (Å²) in [5, 5.41) is 11.9. The van der Waals surface area contributed by atoms with Crippen LogP contribution in [0.25, 0.3) is 0 Å². The minimum atomic E-state index is -0.903. The molecular formula is C21H25NO6. The van der Waals surface area contributed by atoms with E-state index >= 15 is 0 Å². The molecule has 2 aromatic rings. The van der Waals surface area contributed by atoms with Crippen LogP contribution in [0.3, 0.4) is 0 Å². The van der Waals surface area contributed by atoms with Crippen molar-refractivity contribution in [2.45, 2.75) is 25.3 Å². The van der Waals surface area contributed by atoms with Gasteiger partial charge in [-0.25, -0.2) is 0 Å². The summed E-state index contributed by atoms with van der Waals surface area (Å²) < 4.78 is 15.8. The second-order valence-electron chi connectivity index (χ2n) is 6.21. The Balaban J connectivity index is 2.22. The molecule has 0 aliphatic rings. The van der Waals surface area contributed by atoms with Crippen molar-refractivity contribution in [3.63, 3.8) is 0 Å². The summed E-state index contributed by atoms with van der Waals surface area (Å²) in [6.45, 7) is 0. The molecule has 150 valence electrons. The summed E-state index contributed by atoms with van der Waals surface area (Å²) in [4.78, 5) is 23.8. The minimum Gasteiger partial charge on any atom is -0.493 e. The van der Waals surface area contributed by atoms with Gasteiger partial charge >= 0.3 is 5.97 Å². The van der Waals surface area contributed by atoms with Gasteiger partial charge in [-0.15, -0.1) is 0 Å². The number of aliphatic carboxylic acids is 1. The molecule has 2 N–H and O–H groups in total. The smallest absolute Gasteiger partial charge is 0.303 e. The van der Waals surface area contributed by atoms with Gasteiger partial charge in [0.15, 0.2) is 11.5 Å². The van der Waals surface area contributed by atoms with Crippen molar-refractivity contribution in [1.29, 1.82) is 0 Å². The van der Waals surface area contributed by atoms with Crippen molar-refractivity contribution in [3.05, 3.63) is 53.6 Å². The molecule has 7 nitrogen and oxygen atoms in total. The van der Waals surface area contributed by atoms with Crippen molar-refractivity contribution in [3.8, 4) is 17.2 Å². The highest BCUT2D eigenvalue weighted by atomic mass is 16.5. The van der Waals surface area contributed by atoms with Crippen LogP contribution in [0.2, 0.25) is 0 Å². The summed E-state index contributed by atoms with van der Waals surface area (Å²) in [5.41, 5.74) is 1.35. The zero-order valence-electron chi connectivity index (χ0n) is 16.2. The molecule has 1 unspecified atom stereocenters. The van der Waals surface area contributed by atoms with Gasteiger partial charge in [-0.2, -0.15) is 0 Å². The quantitative estimate of drug-likeness (QED) is 0.651. The average Bonchev–Trinajstić information content (AvgIpc) is 2.71. The van der Waals surface area contributed by atoms with Crippen LogP contribution >= 0.6 is 0 Å². The monoisotopic (exact) mass is 387 g/mol. The lowest BCUT2D eigenvalue weighted by atomic mass is 10.0. The van der Waals surface area contributed by atoms with E-state index in [0.29, 0.717) is 35.7 Å². The number of hydrogen-bond acceptors (Lipinski definition) is 5. The highest BCUT2D eigenvalue weighted by molar-refractivity contribution is 5.95. The van der Waals surface area contributed by atoms with Crippen LogP contribution in [0.15, 0.2) is 42.5 Å². The van der Waals surface area contributed by atoms with Crippen molar-refractivity contribution in [2.75, 3.05) is 21.3 Å². The Kier molecular flexibility index (Phi) is 7.68. The van der Waals surface area contributed by atoms with Gasteiger partial charge < -0.3 is 24.6 Å². The zero-order chi connectivity index (χ0) is 20.5. The van der Waals surface area contributed by atoms with Gasteiger partial charge in [-0.05, 0) is 30.5 Å². The number of carboxylic acid groups (broad SMARTS) is 1. The first kappa shape index (κ1) is 21.1. The number of hydrogen-bond donors (Lipinski definition) is 2. The molecule has 0 bridgehead atoms. The Labute approximate surface area is 164 Å². The first-order valence-electron chi connectivity index (χ1n) is 8.85. The molecule has 28 heavy (non-hydrogen) atoms. The van der Waals surface area contributed by atoms with Gasteiger partial charge in [0.2, 0.25) is 5.75 Å². The second kappa shape index (κ2) is 10.2. The number of nitrogens with one attached hydrogen (secondary N) is 1. The van der Waals surface area contributed by atoms with E-state index in [4.69, 9.17) is 19.3 Å². The summed E-state index contributed by atoms with van der Waals surface area (Å²) >= 11 is 0. The normalized spacial score (nSPS) is 11.4. The summed E-state index contributed by atoms with van der Waals surface area (Å²) in [7, 11) is 4.44. The molecule has 0 aliphatic heterocycles. The van der Waals surface area contributed by atoms with E-state index in [0.717, 1.165) is 5.56 Å². The highest BCUT2D eigenvalue weighted by Crippen LogP contribution is 2.38. The lowest BCUT2D eigenvalue weighted by molar-refractivity contribution is -0.137. The molecule has 0 spiro atoms. The minimum absolute atomic E-state index is 0.0347. The van der Waals surface area contributed by atoms with Crippen molar-refractivity contribution in [1.82, 2.24) is 5.32 Å². The number of carbonyl (C=O) groups excluding carboxylic acids is 1. The van der Waals surface area contributed by atoms with Crippen molar-refractivity contribution >= 4 is 11.9 Å². The van der Waals surface area contributed by atoms with Gasteiger partial charge in [0.25, 0.3) is 5.91 Å². The van der Waals surface area contributed by atoms with E-state index in [1.165, 1.54) is 21.3 Å². The maximum absolute atomic E-state index is 12.8. The SMILES string of the molecule is COc1cc(C(=O)NC(CCC(=O)O)Cc2ccccc2)cc(OC)c1OC. The van der Waals surface area contributed by atoms with E-state index in [1.807, 2.05) is 30.3 Å². The highest BCUT2D eigenvalue weighted by Gasteiger charge is 2.20. The number of rotatable bonds is 10. The fourth-order valence-corrected chi connectivity index (χ4v) is 2.90. The Hall–Kier alpha value is -3.22. The Morgan fingerprint density at radius 2 is 1.61 bits per heavy atom. The van der Waals surface area contributed by atoms with E-state index in [1.54, 1.807) is 12.1 Å². The molecular weight excluding hydrogens is 362 g/mol. The third kappa shape index (κ3) is 5.64. The Bertz CT molecular complexity index is 781. The largest absolute Gasteiger partial charge is 0.493 e. The maximum atomic E-state index is 12.8. The van der Waals surface area contributed by atoms with Gasteiger partial charge in [-0.1, -0.05) is 30.3 Å². The molecule has 0 heterocycles. The lowest BCUT2D eigenvalue weighted by Crippen LogP contribution is -2.37. The predicted molar refractivity (Wildman–Crippen MR) is 104 cm³/mol. The molecule has 1 amide bonds. The molecule has 2 aromatic carbocycles. The van der Waals surface area contributed by atoms with E-state index in [-0.39, 0.29) is 18.4 Å². The number of benzene rings is 2. The molecule has 0 saturated heterocycles. The first-order chi connectivity index (χ1) is 13.5. The number of amides is 1. The van der Waals surface area contributed by atoms with Crippen LogP contribution in [-0.4, -0.2) is 44.4 Å². The third-order valence-electron chi connectivity index (χ3n) is 4.29. The number of methoxy groups -OCH3 is 3. The van der Waals surface area contributed by atoms with Crippen molar-refractivity contribution < 1.29 is 28.9 Å². The van der Waals surface area contributed by atoms with Crippen LogP contribution in [0.1, 0.15) is 28.8 Å². The zero-order valence-corrected chi connectivity index (χ0v) is 16.2. The predicted octanol–water partition coefficient (Wildman–Crippen LogP) is 2.92. The van der Waals surface area contributed by atoms with E-state index in [2.05, 4.69) is 5.32 Å². The molecule has 7 heteroatoms. The number of carbonyl (C=O) groups is 2. The maximum Gasteiger partial charge on any atom is 0.303 e. The third-order valence-corrected chi connectivity index (χ3v) is 4.29. The molecule has 0 radical (unpaired) electrons. The van der Waals surface area contributed by atoms with Crippen LogP contribution in [0.4, 0.5) is 0 Å². The fraction of sp³-hybridized carbons (Fsp3) is 0.333. The van der Waals surface area contributed by atoms with Gasteiger partial charge in [0, 0.05) is 18.0 Å². The van der Waals surface area contributed by atoms with Crippen LogP contribution in [-0.2, 0) is 11.2 Å². The van der Waals surface area contributed by atoms with E-state index < -0.39 is 5.97 Å². The number of carboxylic acids is 1. The summed E-state index contributed by atoms with van der Waals surface area (Å²) in [5.74, 6) is -0.103. The average molecular weight is 387 g/mol. The Morgan fingerprint density at radius 3 is 2.11 bits per heavy atom. The number of ether oxygens (including phenoxy) is 3. The first-order valence-corrected chi connectivity index (χ1v) is 8.85. The fourth-order valence-electron chi connectivity index (χ4n) is 2.90. The summed E-state index contributed by atoms with van der Waals surface area (Å²) in [6.07, 6.45) is 0.817. The molecule has 0 aromatic heterocycles. The molecule has 1 atom stereocenters. The van der Waals surface area contributed by atoms with Crippen LogP contribution in [0, 0.1) is 0 Å². The Morgan fingerprint density at radius 1 is 1.00 bits per heavy atom. The van der Waals surface area contributed by atoms with E-state index in [9.17, 15) is 9.59 Å². The molecule has 0 fully saturated rings.